The smallest absolute Gasteiger partial charge is 0.460 e. The molecule has 0 aliphatic heterocycles. The van der Waals surface area contributed by atoms with E-state index in [0.29, 0.717) is 0 Å². The Bertz CT molecular complexity index is 1860. The zero-order valence-corrected chi connectivity index (χ0v) is 31.8. The van der Waals surface area contributed by atoms with Crippen LogP contribution in [0.25, 0.3) is 0 Å². The summed E-state index contributed by atoms with van der Waals surface area (Å²) >= 11 is 0. The number of alkyl halides is 13. The van der Waals surface area contributed by atoms with Gasteiger partial charge in [-0.05, 0) is 112 Å². The van der Waals surface area contributed by atoms with Crippen LogP contribution < -0.4 is 14.2 Å². The van der Waals surface area contributed by atoms with E-state index < -0.39 is 73.0 Å². The second-order valence-corrected chi connectivity index (χ2v) is 13.6. The summed E-state index contributed by atoms with van der Waals surface area (Å²) in [6.07, 6.45) is -6.83. The second-order valence-electron chi connectivity index (χ2n) is 13.6. The van der Waals surface area contributed by atoms with Crippen molar-refractivity contribution < 1.29 is 90.4 Å². The molecule has 0 aliphatic rings. The van der Waals surface area contributed by atoms with Gasteiger partial charge in [-0.15, -0.1) is 0 Å². The average Bonchev–Trinajstić information content (AvgIpc) is 3.17. The van der Waals surface area contributed by atoms with Crippen molar-refractivity contribution in [3.05, 3.63) is 89.5 Å². The Labute approximate surface area is 335 Å². The Morgan fingerprint density at radius 2 is 0.917 bits per heavy atom. The second kappa shape index (κ2) is 20.0. The number of hydrogen-bond donors (Lipinski definition) is 0. The third-order valence-electron chi connectivity index (χ3n) is 8.87. The van der Waals surface area contributed by atoms with Gasteiger partial charge in [0.15, 0.2) is 0 Å². The Kier molecular flexibility index (Phi) is 16.5. The number of rotatable bonds is 22. The molecule has 0 spiro atoms. The van der Waals surface area contributed by atoms with Crippen molar-refractivity contribution in [3.8, 4) is 17.2 Å². The molecule has 3 rings (SSSR count). The van der Waals surface area contributed by atoms with Crippen LogP contribution >= 0.6 is 0 Å². The molecule has 3 aromatic carbocycles. The van der Waals surface area contributed by atoms with E-state index in [1.54, 1.807) is 0 Å². The average molecular weight is 879 g/mol. The number of esters is 3. The highest BCUT2D eigenvalue weighted by Crippen LogP contribution is 2.60. The van der Waals surface area contributed by atoms with E-state index >= 15 is 0 Å². The summed E-state index contributed by atoms with van der Waals surface area (Å²) in [6, 6.07) is 16.1. The first kappa shape index (κ1) is 49.3. The summed E-state index contributed by atoms with van der Waals surface area (Å²) < 4.78 is 194. The lowest BCUT2D eigenvalue weighted by atomic mass is 9.91. The maximum Gasteiger partial charge on any atom is 0.460 e. The standard InChI is InChI=1S/C40H39F13O7/c1-3-4-5-7-10-25(2)58-32(54)26-13-19-30(20-14-26)60-34(56)28-15-21-31(22-16-28)59-33(55)27-11-17-29(18-12-27)57-24-9-6-8-23-35(41,42)36(43,44)37(45,46)38(47,48)39(49,50)40(51,52)53/h11-22,25H,3-10,23-24H2,1-2H3. The van der Waals surface area contributed by atoms with E-state index in [0.717, 1.165) is 32.1 Å². The first-order chi connectivity index (χ1) is 27.8. The van der Waals surface area contributed by atoms with E-state index in [-0.39, 0.29) is 53.1 Å². The number of hydrogen-bond acceptors (Lipinski definition) is 7. The SMILES string of the molecule is CCCCCCC(C)OC(=O)c1ccc(OC(=O)c2ccc(OC(=O)c3ccc(OCCCCCC(F)(F)C(F)(F)C(F)(F)C(F)(F)C(F)(F)C(F)(F)F)cc3)cc2)cc1. The number of carbonyl (C=O) groups is 3. The Balaban J connectivity index is 1.43. The van der Waals surface area contributed by atoms with Crippen molar-refractivity contribution in [2.75, 3.05) is 6.61 Å². The van der Waals surface area contributed by atoms with Crippen LogP contribution in [0.1, 0.15) is 103 Å². The third kappa shape index (κ3) is 11.8. The van der Waals surface area contributed by atoms with Crippen molar-refractivity contribution in [2.24, 2.45) is 0 Å². The highest BCUT2D eigenvalue weighted by Gasteiger charge is 2.90. The minimum atomic E-state index is -7.93. The molecular weight excluding hydrogens is 839 g/mol. The fraction of sp³-hybridized carbons (Fsp3) is 0.475. The summed E-state index contributed by atoms with van der Waals surface area (Å²) in [5.74, 6) is -38.8. The summed E-state index contributed by atoms with van der Waals surface area (Å²) in [5.41, 5.74) is 0.393. The van der Waals surface area contributed by atoms with Crippen LogP contribution in [-0.4, -0.2) is 66.4 Å². The normalized spacial score (nSPS) is 13.4. The zero-order chi connectivity index (χ0) is 45.2. The molecule has 0 N–H and O–H groups in total. The number of unbranched alkanes of at least 4 members (excludes halogenated alkanes) is 5. The number of ether oxygens (including phenoxy) is 4. The number of halogens is 13. The van der Waals surface area contributed by atoms with Crippen LogP contribution in [-0.2, 0) is 4.74 Å². The summed E-state index contributed by atoms with van der Waals surface area (Å²) in [5, 5.41) is 0. The fourth-order valence-corrected chi connectivity index (χ4v) is 5.28. The number of carbonyl (C=O) groups excluding carboxylic acids is 3. The third-order valence-corrected chi connectivity index (χ3v) is 8.87. The lowest BCUT2D eigenvalue weighted by Gasteiger charge is -2.39. The molecule has 3 aromatic rings. The molecule has 0 aromatic heterocycles. The topological polar surface area (TPSA) is 88.1 Å². The molecule has 0 fully saturated rings. The molecule has 60 heavy (non-hydrogen) atoms. The molecule has 0 aliphatic carbocycles. The fourth-order valence-electron chi connectivity index (χ4n) is 5.28. The quantitative estimate of drug-likeness (QED) is 0.0430. The molecule has 0 amide bonds. The first-order valence-corrected chi connectivity index (χ1v) is 18.3. The van der Waals surface area contributed by atoms with E-state index in [1.807, 2.05) is 6.92 Å². The van der Waals surface area contributed by atoms with Gasteiger partial charge in [0.1, 0.15) is 17.2 Å². The van der Waals surface area contributed by atoms with E-state index in [2.05, 4.69) is 6.92 Å². The molecule has 7 nitrogen and oxygen atoms in total. The van der Waals surface area contributed by atoms with Crippen LogP contribution in [0, 0.1) is 0 Å². The van der Waals surface area contributed by atoms with Crippen LogP contribution in [0.4, 0.5) is 57.1 Å². The van der Waals surface area contributed by atoms with Crippen molar-refractivity contribution in [1.82, 2.24) is 0 Å². The number of benzene rings is 3. The minimum absolute atomic E-state index is 0.0122. The predicted molar refractivity (Wildman–Crippen MR) is 188 cm³/mol. The molecule has 0 heterocycles. The van der Waals surface area contributed by atoms with Gasteiger partial charge in [0.05, 0.1) is 29.4 Å². The maximum atomic E-state index is 14.0. The summed E-state index contributed by atoms with van der Waals surface area (Å²) in [4.78, 5) is 37.7. The van der Waals surface area contributed by atoms with Crippen molar-refractivity contribution in [3.63, 3.8) is 0 Å². The monoisotopic (exact) mass is 878 g/mol. The molecule has 0 radical (unpaired) electrons. The molecule has 1 atom stereocenters. The summed E-state index contributed by atoms with van der Waals surface area (Å²) in [6.45, 7) is 3.61. The maximum absolute atomic E-state index is 14.0. The molecule has 0 bridgehead atoms. The summed E-state index contributed by atoms with van der Waals surface area (Å²) in [7, 11) is 0. The highest BCUT2D eigenvalue weighted by molar-refractivity contribution is 5.93. The zero-order valence-electron chi connectivity index (χ0n) is 31.8. The van der Waals surface area contributed by atoms with Gasteiger partial charge < -0.3 is 18.9 Å². The van der Waals surface area contributed by atoms with Gasteiger partial charge in [-0.1, -0.05) is 26.2 Å². The Hall–Kier alpha value is -5.04. The van der Waals surface area contributed by atoms with E-state index in [4.69, 9.17) is 18.9 Å². The minimum Gasteiger partial charge on any atom is -0.494 e. The van der Waals surface area contributed by atoms with Crippen LogP contribution in [0.3, 0.4) is 0 Å². The Morgan fingerprint density at radius 1 is 0.500 bits per heavy atom. The molecule has 20 heteroatoms. The van der Waals surface area contributed by atoms with Crippen molar-refractivity contribution >= 4 is 17.9 Å². The van der Waals surface area contributed by atoms with Crippen LogP contribution in [0.2, 0.25) is 0 Å². The van der Waals surface area contributed by atoms with Gasteiger partial charge in [0.25, 0.3) is 0 Å². The van der Waals surface area contributed by atoms with Crippen molar-refractivity contribution in [1.29, 1.82) is 0 Å². The first-order valence-electron chi connectivity index (χ1n) is 18.3. The highest BCUT2D eigenvalue weighted by atomic mass is 19.4. The molecule has 332 valence electrons. The van der Waals surface area contributed by atoms with E-state index in [1.165, 1.54) is 72.8 Å². The predicted octanol–water partition coefficient (Wildman–Crippen LogP) is 12.3. The van der Waals surface area contributed by atoms with Crippen LogP contribution in [0.15, 0.2) is 72.8 Å². The molecule has 0 saturated carbocycles. The Morgan fingerprint density at radius 3 is 1.37 bits per heavy atom. The van der Waals surface area contributed by atoms with Gasteiger partial charge in [-0.25, -0.2) is 14.4 Å². The lowest BCUT2D eigenvalue weighted by Crippen LogP contribution is -2.70. The van der Waals surface area contributed by atoms with Crippen LogP contribution in [0.5, 0.6) is 17.2 Å². The van der Waals surface area contributed by atoms with Gasteiger partial charge in [0.2, 0.25) is 0 Å². The molecule has 0 saturated heterocycles. The van der Waals surface area contributed by atoms with Gasteiger partial charge in [0, 0.05) is 6.42 Å². The largest absolute Gasteiger partial charge is 0.494 e. The van der Waals surface area contributed by atoms with Gasteiger partial charge in [-0.3, -0.25) is 0 Å². The van der Waals surface area contributed by atoms with E-state index in [9.17, 15) is 71.5 Å². The van der Waals surface area contributed by atoms with Crippen molar-refractivity contribution in [2.45, 2.75) is 114 Å². The molecular formula is C40H39F13O7. The van der Waals surface area contributed by atoms with Gasteiger partial charge >= 0.3 is 53.7 Å². The molecule has 1 unspecified atom stereocenters. The van der Waals surface area contributed by atoms with Gasteiger partial charge in [-0.2, -0.15) is 57.1 Å². The lowest BCUT2D eigenvalue weighted by molar-refractivity contribution is -0.440.